The Labute approximate surface area is 162 Å². The maximum atomic E-state index is 12.3. The number of aliphatic imine (C=N–C) groups is 1. The smallest absolute Gasteiger partial charge is 0.335 e. The van der Waals surface area contributed by atoms with Crippen molar-refractivity contribution in [2.45, 2.75) is 12.5 Å². The number of benzene rings is 2. The molecule has 1 amide bonds. The average molecular weight is 379 g/mol. The second-order valence-corrected chi connectivity index (χ2v) is 6.91. The van der Waals surface area contributed by atoms with Crippen molar-refractivity contribution in [2.75, 3.05) is 31.6 Å². The van der Waals surface area contributed by atoms with Crippen molar-refractivity contribution < 1.29 is 19.4 Å². The molecule has 0 bridgehead atoms. The van der Waals surface area contributed by atoms with Gasteiger partial charge in [0.2, 0.25) is 5.91 Å². The van der Waals surface area contributed by atoms with Crippen molar-refractivity contribution in [1.82, 2.24) is 4.90 Å². The number of amides is 1. The van der Waals surface area contributed by atoms with E-state index < -0.39 is 11.9 Å². The largest absolute Gasteiger partial charge is 0.478 e. The Morgan fingerprint density at radius 2 is 2.07 bits per heavy atom. The van der Waals surface area contributed by atoms with Crippen LogP contribution in [0.25, 0.3) is 0 Å². The fourth-order valence-electron chi connectivity index (χ4n) is 3.48. The summed E-state index contributed by atoms with van der Waals surface area (Å²) in [6, 6.07) is 12.5. The number of rotatable bonds is 5. The standard InChI is InChI=1S/C21H21N3O4/c25-20-18(17-11-15(21(26)27)4-5-19(17)23-20)12-22-16-3-1-2-14(10-16)13-24-6-8-28-9-7-24/h1-5,10-12,18H,6-9,13H2,(H,23,25)(H,26,27). The number of morpholine rings is 1. The predicted molar refractivity (Wildman–Crippen MR) is 105 cm³/mol. The lowest BCUT2D eigenvalue weighted by Gasteiger charge is -2.26. The van der Waals surface area contributed by atoms with E-state index in [-0.39, 0.29) is 11.5 Å². The summed E-state index contributed by atoms with van der Waals surface area (Å²) in [5, 5.41) is 12.0. The summed E-state index contributed by atoms with van der Waals surface area (Å²) >= 11 is 0. The van der Waals surface area contributed by atoms with Gasteiger partial charge in [0.05, 0.1) is 24.5 Å². The summed E-state index contributed by atoms with van der Waals surface area (Å²) in [5.41, 5.74) is 3.34. The van der Waals surface area contributed by atoms with Gasteiger partial charge < -0.3 is 15.2 Å². The van der Waals surface area contributed by atoms with E-state index in [1.807, 2.05) is 18.2 Å². The van der Waals surface area contributed by atoms with E-state index in [2.05, 4.69) is 21.3 Å². The molecule has 1 fully saturated rings. The van der Waals surface area contributed by atoms with Gasteiger partial charge >= 0.3 is 5.97 Å². The van der Waals surface area contributed by atoms with Crippen LogP contribution in [0.2, 0.25) is 0 Å². The summed E-state index contributed by atoms with van der Waals surface area (Å²) in [7, 11) is 0. The first-order valence-corrected chi connectivity index (χ1v) is 9.21. The maximum absolute atomic E-state index is 12.3. The molecule has 0 radical (unpaired) electrons. The number of carboxylic acids is 1. The molecule has 28 heavy (non-hydrogen) atoms. The van der Waals surface area contributed by atoms with Crippen LogP contribution in [0.5, 0.6) is 0 Å². The third-order valence-corrected chi connectivity index (χ3v) is 4.97. The van der Waals surface area contributed by atoms with Crippen molar-refractivity contribution in [3.63, 3.8) is 0 Å². The molecule has 7 nitrogen and oxygen atoms in total. The van der Waals surface area contributed by atoms with Crippen LogP contribution in [0, 0.1) is 0 Å². The first-order chi connectivity index (χ1) is 13.6. The molecule has 0 spiro atoms. The van der Waals surface area contributed by atoms with Crippen LogP contribution >= 0.6 is 0 Å². The summed E-state index contributed by atoms with van der Waals surface area (Å²) in [6.45, 7) is 4.18. The van der Waals surface area contributed by atoms with Gasteiger partial charge in [0.25, 0.3) is 0 Å². The molecule has 0 aromatic heterocycles. The zero-order valence-electron chi connectivity index (χ0n) is 15.3. The predicted octanol–water partition coefficient (Wildman–Crippen LogP) is 2.66. The number of hydrogen-bond donors (Lipinski definition) is 2. The van der Waals surface area contributed by atoms with Gasteiger partial charge in [-0.3, -0.25) is 14.7 Å². The molecule has 2 aliphatic heterocycles. The van der Waals surface area contributed by atoms with Gasteiger partial charge in [0.15, 0.2) is 0 Å². The highest BCUT2D eigenvalue weighted by Crippen LogP contribution is 2.32. The van der Waals surface area contributed by atoms with E-state index in [1.165, 1.54) is 12.1 Å². The first kappa shape index (κ1) is 18.3. The number of hydrogen-bond acceptors (Lipinski definition) is 5. The number of anilines is 1. The van der Waals surface area contributed by atoms with Crippen molar-refractivity contribution in [1.29, 1.82) is 0 Å². The molecular weight excluding hydrogens is 358 g/mol. The van der Waals surface area contributed by atoms with Crippen molar-refractivity contribution >= 4 is 29.5 Å². The minimum Gasteiger partial charge on any atom is -0.478 e. The number of fused-ring (bicyclic) bond motifs is 1. The van der Waals surface area contributed by atoms with Crippen LogP contribution in [0.1, 0.15) is 27.4 Å². The molecule has 0 aliphatic carbocycles. The van der Waals surface area contributed by atoms with Crippen LogP contribution < -0.4 is 5.32 Å². The second kappa shape index (κ2) is 7.92. The van der Waals surface area contributed by atoms with Crippen molar-refractivity contribution in [3.8, 4) is 0 Å². The Morgan fingerprint density at radius 3 is 2.86 bits per heavy atom. The van der Waals surface area contributed by atoms with Crippen molar-refractivity contribution in [2.24, 2.45) is 4.99 Å². The summed E-state index contributed by atoms with van der Waals surface area (Å²) in [4.78, 5) is 30.3. The van der Waals surface area contributed by atoms with E-state index in [4.69, 9.17) is 4.74 Å². The van der Waals surface area contributed by atoms with Gasteiger partial charge in [0, 0.05) is 31.5 Å². The SMILES string of the molecule is O=C(O)c1ccc2c(c1)C(C=Nc1cccc(CN3CCOCC3)c1)C(=O)N2. The lowest BCUT2D eigenvalue weighted by atomic mass is 9.99. The number of carbonyl (C=O) groups is 2. The van der Waals surface area contributed by atoms with Gasteiger partial charge in [-0.2, -0.15) is 0 Å². The first-order valence-electron chi connectivity index (χ1n) is 9.21. The third-order valence-electron chi connectivity index (χ3n) is 4.97. The fraction of sp³-hybridized carbons (Fsp3) is 0.286. The van der Waals surface area contributed by atoms with Crippen LogP contribution in [0.3, 0.4) is 0 Å². The Morgan fingerprint density at radius 1 is 1.25 bits per heavy atom. The monoisotopic (exact) mass is 379 g/mol. The average Bonchev–Trinajstić information content (AvgIpc) is 3.01. The fourth-order valence-corrected chi connectivity index (χ4v) is 3.48. The Hall–Kier alpha value is -3.03. The maximum Gasteiger partial charge on any atom is 0.335 e. The van der Waals surface area contributed by atoms with Gasteiger partial charge in [-0.25, -0.2) is 4.79 Å². The molecule has 2 aliphatic rings. The molecule has 1 unspecified atom stereocenters. The quantitative estimate of drug-likeness (QED) is 0.780. The third kappa shape index (κ3) is 3.95. The Balaban J connectivity index is 1.52. The van der Waals surface area contributed by atoms with Gasteiger partial charge in [-0.1, -0.05) is 12.1 Å². The number of carboxylic acid groups (broad SMARTS) is 1. The minimum absolute atomic E-state index is 0.154. The minimum atomic E-state index is -1.02. The van der Waals surface area contributed by atoms with E-state index >= 15 is 0 Å². The molecule has 0 saturated carbocycles. The number of aromatic carboxylic acids is 1. The van der Waals surface area contributed by atoms with E-state index in [0.29, 0.717) is 11.3 Å². The van der Waals surface area contributed by atoms with E-state index in [1.54, 1.807) is 12.3 Å². The lowest BCUT2D eigenvalue weighted by molar-refractivity contribution is -0.115. The lowest BCUT2D eigenvalue weighted by Crippen LogP contribution is -2.35. The molecule has 7 heteroatoms. The highest BCUT2D eigenvalue weighted by Gasteiger charge is 2.30. The zero-order valence-corrected chi connectivity index (χ0v) is 15.3. The summed E-state index contributed by atoms with van der Waals surface area (Å²) in [6.07, 6.45) is 1.58. The Kier molecular flexibility index (Phi) is 5.18. The van der Waals surface area contributed by atoms with Gasteiger partial charge in [-0.05, 0) is 41.5 Å². The molecule has 144 valence electrons. The normalized spacial score (nSPS) is 19.6. The number of nitrogens with zero attached hydrogens (tertiary/aromatic N) is 2. The zero-order chi connectivity index (χ0) is 19.5. The summed E-state index contributed by atoms with van der Waals surface area (Å²) < 4.78 is 5.38. The molecule has 2 N–H and O–H groups in total. The van der Waals surface area contributed by atoms with Crippen molar-refractivity contribution in [3.05, 3.63) is 59.2 Å². The van der Waals surface area contributed by atoms with E-state index in [9.17, 15) is 14.7 Å². The number of ether oxygens (including phenoxy) is 1. The molecule has 1 atom stereocenters. The highest BCUT2D eigenvalue weighted by molar-refractivity contribution is 6.13. The summed E-state index contributed by atoms with van der Waals surface area (Å²) in [5.74, 6) is -1.82. The van der Waals surface area contributed by atoms with Crippen LogP contribution in [-0.4, -0.2) is 54.4 Å². The van der Waals surface area contributed by atoms with Crippen LogP contribution in [0.4, 0.5) is 11.4 Å². The highest BCUT2D eigenvalue weighted by atomic mass is 16.5. The van der Waals surface area contributed by atoms with Gasteiger partial charge in [0.1, 0.15) is 5.92 Å². The molecule has 1 saturated heterocycles. The Bertz CT molecular complexity index is 935. The van der Waals surface area contributed by atoms with Gasteiger partial charge in [-0.15, -0.1) is 0 Å². The number of nitrogens with one attached hydrogen (secondary N) is 1. The number of carbonyl (C=O) groups excluding carboxylic acids is 1. The second-order valence-electron chi connectivity index (χ2n) is 6.91. The molecule has 4 rings (SSSR count). The molecule has 2 aromatic carbocycles. The molecule has 2 aromatic rings. The molecular formula is C21H21N3O4. The molecule has 2 heterocycles. The van der Waals surface area contributed by atoms with E-state index in [0.717, 1.165) is 44.1 Å². The van der Waals surface area contributed by atoms with Crippen LogP contribution in [-0.2, 0) is 16.1 Å². The van der Waals surface area contributed by atoms with Crippen LogP contribution in [0.15, 0.2) is 47.5 Å². The topological polar surface area (TPSA) is 91.2 Å².